The second-order valence-corrected chi connectivity index (χ2v) is 9.93. The van der Waals surface area contributed by atoms with Crippen LogP contribution in [0.4, 0.5) is 0 Å². The lowest BCUT2D eigenvalue weighted by molar-refractivity contribution is -0.146. The van der Waals surface area contributed by atoms with Crippen molar-refractivity contribution in [1.82, 2.24) is 16.1 Å². The summed E-state index contributed by atoms with van der Waals surface area (Å²) >= 11 is 0. The molecule has 3 atom stereocenters. The lowest BCUT2D eigenvalue weighted by atomic mass is 9.85. The van der Waals surface area contributed by atoms with E-state index in [1.54, 1.807) is 0 Å². The quantitative estimate of drug-likeness (QED) is 0.146. The highest BCUT2D eigenvalue weighted by molar-refractivity contribution is 5.92. The SMILES string of the molecule is CCCCNC(=O)C(NC(=O)[C@H](CC#Cc1ccc(-c2ccccc2)cc1)[C@H](O)C(=O)NO)C(C)(C)C. The van der Waals surface area contributed by atoms with Crippen LogP contribution in [0.15, 0.2) is 54.6 Å². The van der Waals surface area contributed by atoms with E-state index in [0.717, 1.165) is 24.0 Å². The number of rotatable bonds is 10. The summed E-state index contributed by atoms with van der Waals surface area (Å²) in [6.45, 7) is 7.91. The highest BCUT2D eigenvalue weighted by Gasteiger charge is 2.37. The molecule has 1 unspecified atom stereocenters. The molecule has 0 aromatic heterocycles. The number of benzene rings is 2. The highest BCUT2D eigenvalue weighted by Crippen LogP contribution is 2.22. The van der Waals surface area contributed by atoms with Gasteiger partial charge in [-0.1, -0.05) is 88.4 Å². The summed E-state index contributed by atoms with van der Waals surface area (Å²) in [4.78, 5) is 37.9. The first-order chi connectivity index (χ1) is 17.6. The fraction of sp³-hybridized carbons (Fsp3) is 0.414. The smallest absolute Gasteiger partial charge is 0.273 e. The van der Waals surface area contributed by atoms with Crippen molar-refractivity contribution in [2.45, 2.75) is 59.1 Å². The van der Waals surface area contributed by atoms with Crippen LogP contribution in [0.25, 0.3) is 11.1 Å². The molecule has 0 spiro atoms. The van der Waals surface area contributed by atoms with Gasteiger partial charge in [0.05, 0.1) is 5.92 Å². The van der Waals surface area contributed by atoms with Crippen molar-refractivity contribution in [1.29, 1.82) is 0 Å². The Bertz CT molecular complexity index is 1100. The average molecular weight is 508 g/mol. The first-order valence-corrected chi connectivity index (χ1v) is 12.4. The van der Waals surface area contributed by atoms with Crippen LogP contribution in [-0.2, 0) is 14.4 Å². The van der Waals surface area contributed by atoms with Gasteiger partial charge in [0, 0.05) is 18.5 Å². The van der Waals surface area contributed by atoms with E-state index in [9.17, 15) is 19.5 Å². The molecule has 0 aliphatic heterocycles. The minimum Gasteiger partial charge on any atom is -0.382 e. The summed E-state index contributed by atoms with van der Waals surface area (Å²) in [5.74, 6) is 2.30. The van der Waals surface area contributed by atoms with E-state index in [1.165, 1.54) is 5.48 Å². The summed E-state index contributed by atoms with van der Waals surface area (Å²) in [5, 5.41) is 24.9. The fourth-order valence-electron chi connectivity index (χ4n) is 3.65. The first-order valence-electron chi connectivity index (χ1n) is 12.4. The van der Waals surface area contributed by atoms with Crippen molar-refractivity contribution in [3.05, 3.63) is 60.2 Å². The minimum absolute atomic E-state index is 0.171. The summed E-state index contributed by atoms with van der Waals surface area (Å²) < 4.78 is 0. The highest BCUT2D eigenvalue weighted by atomic mass is 16.5. The Morgan fingerprint density at radius 2 is 1.54 bits per heavy atom. The molecule has 37 heavy (non-hydrogen) atoms. The molecule has 3 amide bonds. The van der Waals surface area contributed by atoms with Crippen LogP contribution in [0.2, 0.25) is 0 Å². The Labute approximate surface area is 218 Å². The standard InChI is InChI=1S/C29H37N3O5/c1-5-6-19-30-28(36)25(29(2,3)4)31-26(34)23(24(33)27(35)32-37)14-10-11-20-15-17-22(18-16-20)21-12-8-7-9-13-21/h7-9,12-13,15-18,23-25,33,37H,5-6,14,19H2,1-4H3,(H,30,36)(H,31,34)(H,32,35)/t23-,24+,25?/m1/s1. The summed E-state index contributed by atoms with van der Waals surface area (Å²) in [6.07, 6.45) is -0.319. The number of aliphatic hydroxyl groups is 1. The molecular formula is C29H37N3O5. The van der Waals surface area contributed by atoms with E-state index in [4.69, 9.17) is 5.21 Å². The van der Waals surface area contributed by atoms with Crippen molar-refractivity contribution in [2.24, 2.45) is 11.3 Å². The molecular weight excluding hydrogens is 470 g/mol. The predicted molar refractivity (Wildman–Crippen MR) is 142 cm³/mol. The molecule has 0 aliphatic carbocycles. The third-order valence-electron chi connectivity index (χ3n) is 5.89. The molecule has 0 saturated carbocycles. The van der Waals surface area contributed by atoms with Gasteiger partial charge in [0.25, 0.3) is 5.91 Å². The van der Waals surface area contributed by atoms with Crippen LogP contribution in [-0.4, -0.2) is 46.7 Å². The van der Waals surface area contributed by atoms with Crippen molar-refractivity contribution >= 4 is 17.7 Å². The van der Waals surface area contributed by atoms with Gasteiger partial charge in [-0.3, -0.25) is 19.6 Å². The van der Waals surface area contributed by atoms with Crippen LogP contribution < -0.4 is 16.1 Å². The summed E-state index contributed by atoms with van der Waals surface area (Å²) in [7, 11) is 0. The molecule has 0 aliphatic rings. The number of amides is 3. The molecule has 2 aromatic carbocycles. The van der Waals surface area contributed by atoms with Crippen molar-refractivity contribution in [2.75, 3.05) is 6.54 Å². The van der Waals surface area contributed by atoms with Crippen LogP contribution in [0, 0.1) is 23.2 Å². The summed E-state index contributed by atoms with van der Waals surface area (Å²) in [6, 6.07) is 16.5. The number of nitrogens with one attached hydrogen (secondary N) is 3. The van der Waals surface area contributed by atoms with Gasteiger partial charge in [-0.25, -0.2) is 5.48 Å². The molecule has 0 bridgehead atoms. The molecule has 0 radical (unpaired) electrons. The van der Waals surface area contributed by atoms with E-state index in [-0.39, 0.29) is 12.3 Å². The first kappa shape index (κ1) is 29.6. The van der Waals surface area contributed by atoms with Gasteiger partial charge in [-0.2, -0.15) is 0 Å². The van der Waals surface area contributed by atoms with Crippen LogP contribution in [0.5, 0.6) is 0 Å². The van der Waals surface area contributed by atoms with Gasteiger partial charge in [0.2, 0.25) is 11.8 Å². The number of unbranched alkanes of at least 4 members (excludes halogenated alkanes) is 1. The molecule has 0 fully saturated rings. The second kappa shape index (κ2) is 14.2. The molecule has 0 saturated heterocycles. The third-order valence-corrected chi connectivity index (χ3v) is 5.89. The largest absolute Gasteiger partial charge is 0.382 e. The van der Waals surface area contributed by atoms with Gasteiger partial charge in [0.15, 0.2) is 0 Å². The number of hydrogen-bond acceptors (Lipinski definition) is 5. The average Bonchev–Trinajstić information content (AvgIpc) is 2.89. The number of hydroxylamine groups is 1. The monoisotopic (exact) mass is 507 g/mol. The molecule has 2 rings (SSSR count). The maximum atomic E-state index is 13.2. The molecule has 8 nitrogen and oxygen atoms in total. The predicted octanol–water partition coefficient (Wildman–Crippen LogP) is 3.02. The van der Waals surface area contributed by atoms with E-state index >= 15 is 0 Å². The fourth-order valence-corrected chi connectivity index (χ4v) is 3.65. The number of carbonyl (C=O) groups excluding carboxylic acids is 3. The maximum absolute atomic E-state index is 13.2. The summed E-state index contributed by atoms with van der Waals surface area (Å²) in [5.41, 5.74) is 3.54. The number of aliphatic hydroxyl groups excluding tert-OH is 1. The lowest BCUT2D eigenvalue weighted by Gasteiger charge is -2.32. The van der Waals surface area contributed by atoms with Crippen molar-refractivity contribution in [3.63, 3.8) is 0 Å². The lowest BCUT2D eigenvalue weighted by Crippen LogP contribution is -2.56. The Morgan fingerprint density at radius 1 is 0.919 bits per heavy atom. The van der Waals surface area contributed by atoms with E-state index in [0.29, 0.717) is 12.1 Å². The van der Waals surface area contributed by atoms with Crippen molar-refractivity contribution < 1.29 is 24.7 Å². The number of carbonyl (C=O) groups is 3. The Kier molecular flexibility index (Phi) is 11.3. The van der Waals surface area contributed by atoms with Crippen LogP contribution in [0.3, 0.4) is 0 Å². The van der Waals surface area contributed by atoms with Gasteiger partial charge >= 0.3 is 0 Å². The molecule has 8 heteroatoms. The molecule has 2 aromatic rings. The zero-order valence-corrected chi connectivity index (χ0v) is 21.9. The Balaban J connectivity index is 2.19. The van der Waals surface area contributed by atoms with E-state index in [1.807, 2.05) is 82.3 Å². The third kappa shape index (κ3) is 9.05. The Morgan fingerprint density at radius 3 is 2.11 bits per heavy atom. The minimum atomic E-state index is -1.86. The molecule has 198 valence electrons. The second-order valence-electron chi connectivity index (χ2n) is 9.93. The number of hydrogen-bond donors (Lipinski definition) is 5. The Hall–Kier alpha value is -3.67. The van der Waals surface area contributed by atoms with Gasteiger partial charge in [-0.15, -0.1) is 0 Å². The topological polar surface area (TPSA) is 128 Å². The normalized spacial score (nSPS) is 13.4. The van der Waals surface area contributed by atoms with Gasteiger partial charge in [0.1, 0.15) is 12.1 Å². The zero-order chi connectivity index (χ0) is 27.4. The van der Waals surface area contributed by atoms with Crippen LogP contribution in [0.1, 0.15) is 52.5 Å². The zero-order valence-electron chi connectivity index (χ0n) is 21.9. The van der Waals surface area contributed by atoms with Gasteiger partial charge < -0.3 is 15.7 Å². The molecule has 0 heterocycles. The van der Waals surface area contributed by atoms with Gasteiger partial charge in [-0.05, 0) is 35.1 Å². The van der Waals surface area contributed by atoms with Crippen molar-refractivity contribution in [3.8, 4) is 23.0 Å². The van der Waals surface area contributed by atoms with E-state index in [2.05, 4.69) is 22.5 Å². The van der Waals surface area contributed by atoms with E-state index < -0.39 is 35.3 Å². The maximum Gasteiger partial charge on any atom is 0.273 e. The molecule has 5 N–H and O–H groups in total. The van der Waals surface area contributed by atoms with Crippen LogP contribution >= 0.6 is 0 Å².